The van der Waals surface area contributed by atoms with Gasteiger partial charge in [-0.25, -0.2) is 9.59 Å². The number of nitrogens with one attached hydrogen (secondary N) is 2. The zero-order valence-electron chi connectivity index (χ0n) is 13.4. The summed E-state index contributed by atoms with van der Waals surface area (Å²) in [5.41, 5.74) is 0.700. The maximum atomic E-state index is 12.0. The third-order valence-electron chi connectivity index (χ3n) is 2.77. The summed E-state index contributed by atoms with van der Waals surface area (Å²) in [5, 5.41) is 10.4. The first-order chi connectivity index (χ1) is 11.1. The lowest BCUT2D eigenvalue weighted by molar-refractivity contribution is -0.576. The second kappa shape index (κ2) is 9.17. The van der Waals surface area contributed by atoms with Crippen LogP contribution in [-0.2, 0) is 19.1 Å². The van der Waals surface area contributed by atoms with Crippen molar-refractivity contribution in [2.75, 3.05) is 25.6 Å². The van der Waals surface area contributed by atoms with Crippen molar-refractivity contribution >= 4 is 29.2 Å². The lowest BCUT2D eigenvalue weighted by atomic mass is 10.2. The van der Waals surface area contributed by atoms with E-state index < -0.39 is 11.9 Å². The van der Waals surface area contributed by atoms with E-state index in [1.165, 1.54) is 6.08 Å². The van der Waals surface area contributed by atoms with Gasteiger partial charge in [-0.1, -0.05) is 0 Å². The Morgan fingerprint density at radius 1 is 1.30 bits per heavy atom. The number of anilines is 1. The van der Waals surface area contributed by atoms with Crippen molar-refractivity contribution in [2.45, 2.75) is 13.8 Å². The fourth-order valence-corrected chi connectivity index (χ4v) is 1.70. The van der Waals surface area contributed by atoms with Gasteiger partial charge in [-0.2, -0.15) is 4.57 Å². The minimum atomic E-state index is -0.802. The highest BCUT2D eigenvalue weighted by atomic mass is 16.6. The molecule has 7 nitrogen and oxygen atoms in total. The molecule has 122 valence electrons. The van der Waals surface area contributed by atoms with Crippen LogP contribution < -0.4 is 9.88 Å². The smallest absolute Gasteiger partial charge is 0.345 e. The third-order valence-corrected chi connectivity index (χ3v) is 2.77. The van der Waals surface area contributed by atoms with E-state index in [4.69, 9.17) is 14.9 Å². The van der Waals surface area contributed by atoms with Crippen molar-refractivity contribution in [3.63, 3.8) is 0 Å². The highest BCUT2D eigenvalue weighted by Crippen LogP contribution is 2.08. The molecule has 0 atom stereocenters. The van der Waals surface area contributed by atoms with Crippen LogP contribution in [0.2, 0.25) is 0 Å². The van der Waals surface area contributed by atoms with Gasteiger partial charge < -0.3 is 14.8 Å². The predicted octanol–water partition coefficient (Wildman–Crippen LogP) is 1.16. The standard InChI is InChI=1S/C16H20N3O4/c1-4-22-15(20)14(16(21)23-5-2)9-13(10-17)19-8-6-7-12(11-19)18-3/h6-9,11,17-18H,4-5H2,1-3H3/q+1. The molecule has 7 heteroatoms. The molecule has 0 unspecified atom stereocenters. The lowest BCUT2D eigenvalue weighted by Gasteiger charge is -2.06. The highest BCUT2D eigenvalue weighted by Gasteiger charge is 2.24. The zero-order chi connectivity index (χ0) is 17.2. The summed E-state index contributed by atoms with van der Waals surface area (Å²) in [4.78, 5) is 23.9. The number of carbonyl (C=O) groups is 2. The summed E-state index contributed by atoms with van der Waals surface area (Å²) in [6, 6.07) is 3.59. The number of ether oxygens (including phenoxy) is 2. The molecule has 2 N–H and O–H groups in total. The third kappa shape index (κ3) is 5.09. The van der Waals surface area contributed by atoms with E-state index in [2.05, 4.69) is 11.2 Å². The maximum Gasteiger partial charge on any atom is 0.345 e. The molecular weight excluding hydrogens is 298 g/mol. The number of rotatable bonds is 7. The molecule has 0 aliphatic rings. The fraction of sp³-hybridized carbons (Fsp3) is 0.312. The molecule has 23 heavy (non-hydrogen) atoms. The van der Waals surface area contributed by atoms with Gasteiger partial charge in [0.2, 0.25) is 0 Å². The van der Waals surface area contributed by atoms with Gasteiger partial charge in [0.25, 0.3) is 5.70 Å². The second-order valence-electron chi connectivity index (χ2n) is 4.26. The molecule has 1 heterocycles. The molecule has 0 radical (unpaired) electrons. The molecule has 1 aromatic heterocycles. The number of esters is 2. The Balaban J connectivity index is 3.27. The Morgan fingerprint density at radius 3 is 2.39 bits per heavy atom. The number of aromatic nitrogens is 1. The maximum absolute atomic E-state index is 12.0. The van der Waals surface area contributed by atoms with Crippen LogP contribution in [0, 0.1) is 5.41 Å². The quantitative estimate of drug-likeness (QED) is 0.150. The van der Waals surface area contributed by atoms with Crippen LogP contribution in [0.4, 0.5) is 5.69 Å². The Hall–Kier alpha value is -2.92. The van der Waals surface area contributed by atoms with Gasteiger partial charge in [0.1, 0.15) is 0 Å². The average Bonchev–Trinajstić information content (AvgIpc) is 2.56. The first-order valence-corrected chi connectivity index (χ1v) is 7.12. The summed E-state index contributed by atoms with van der Waals surface area (Å²) in [5.74, 6) is 0.600. The van der Waals surface area contributed by atoms with Crippen LogP contribution in [0.5, 0.6) is 0 Å². The first-order valence-electron chi connectivity index (χ1n) is 7.12. The van der Waals surface area contributed by atoms with Gasteiger partial charge in [0.15, 0.2) is 18.0 Å². The lowest BCUT2D eigenvalue weighted by Crippen LogP contribution is -2.32. The molecule has 1 rings (SSSR count). The van der Waals surface area contributed by atoms with E-state index in [0.29, 0.717) is 0 Å². The first kappa shape index (κ1) is 18.1. The van der Waals surface area contributed by atoms with Crippen LogP contribution in [0.3, 0.4) is 0 Å². The summed E-state index contributed by atoms with van der Waals surface area (Å²) in [6.45, 7) is 3.53. The molecular formula is C16H20N3O4+. The number of allylic oxidation sites excluding steroid dienone is 2. The molecule has 0 saturated carbocycles. The summed E-state index contributed by atoms with van der Waals surface area (Å²) in [6.07, 6.45) is 4.59. The molecule has 0 fully saturated rings. The average molecular weight is 318 g/mol. The molecule has 0 amide bonds. The molecule has 0 bridgehead atoms. The van der Waals surface area contributed by atoms with E-state index >= 15 is 0 Å². The molecule has 0 aromatic carbocycles. The van der Waals surface area contributed by atoms with Crippen LogP contribution >= 0.6 is 0 Å². The Labute approximate surface area is 134 Å². The van der Waals surface area contributed by atoms with E-state index in [1.54, 1.807) is 43.9 Å². The minimum absolute atomic E-state index is 0.127. The van der Waals surface area contributed by atoms with E-state index in [9.17, 15) is 9.59 Å². The fourth-order valence-electron chi connectivity index (χ4n) is 1.70. The van der Waals surface area contributed by atoms with Crippen molar-refractivity contribution in [3.8, 4) is 0 Å². The van der Waals surface area contributed by atoms with Crippen LogP contribution in [-0.4, -0.2) is 38.1 Å². The van der Waals surface area contributed by atoms with Gasteiger partial charge in [-0.3, -0.25) is 5.41 Å². The molecule has 0 saturated heterocycles. The predicted molar refractivity (Wildman–Crippen MR) is 85.0 cm³/mol. The summed E-state index contributed by atoms with van der Waals surface area (Å²) < 4.78 is 11.3. The van der Waals surface area contributed by atoms with Crippen molar-refractivity contribution in [1.82, 2.24) is 0 Å². The van der Waals surface area contributed by atoms with Gasteiger partial charge in [0, 0.05) is 19.2 Å². The monoisotopic (exact) mass is 318 g/mol. The van der Waals surface area contributed by atoms with Crippen molar-refractivity contribution < 1.29 is 23.6 Å². The summed E-state index contributed by atoms with van der Waals surface area (Å²) in [7, 11) is 1.76. The van der Waals surface area contributed by atoms with Crippen molar-refractivity contribution in [3.05, 3.63) is 36.2 Å². The van der Waals surface area contributed by atoms with Gasteiger partial charge in [0.05, 0.1) is 24.8 Å². The van der Waals surface area contributed by atoms with Crippen molar-refractivity contribution in [1.29, 1.82) is 5.41 Å². The second-order valence-corrected chi connectivity index (χ2v) is 4.26. The van der Waals surface area contributed by atoms with E-state index in [0.717, 1.165) is 5.69 Å². The van der Waals surface area contributed by atoms with E-state index in [1.807, 2.05) is 6.07 Å². The van der Waals surface area contributed by atoms with Gasteiger partial charge >= 0.3 is 11.9 Å². The number of nitrogens with zero attached hydrogens (tertiary/aromatic N) is 1. The highest BCUT2D eigenvalue weighted by molar-refractivity contribution is 6.15. The number of pyridine rings is 1. The Bertz CT molecular complexity index is 641. The Kier molecular flexibility index (Phi) is 7.23. The molecule has 0 aliphatic carbocycles. The Morgan fingerprint density at radius 2 is 1.91 bits per heavy atom. The number of carbonyl (C=O) groups excluding carboxylic acids is 2. The van der Waals surface area contributed by atoms with Gasteiger partial charge in [-0.15, -0.1) is 0 Å². The largest absolute Gasteiger partial charge is 0.462 e. The van der Waals surface area contributed by atoms with Crippen LogP contribution in [0.25, 0.3) is 5.70 Å². The molecule has 1 aromatic rings. The van der Waals surface area contributed by atoms with Crippen molar-refractivity contribution in [2.24, 2.45) is 0 Å². The van der Waals surface area contributed by atoms with Crippen LogP contribution in [0.1, 0.15) is 13.8 Å². The number of hydrogen-bond acceptors (Lipinski definition) is 6. The SMILES string of the molecule is CCOC(=O)C(=CC(=C=N)[n+]1cccc(NC)c1)C(=O)OCC. The topological polar surface area (TPSA) is 92.4 Å². The summed E-state index contributed by atoms with van der Waals surface area (Å²) >= 11 is 0. The number of hydrogen-bond donors (Lipinski definition) is 2. The van der Waals surface area contributed by atoms with Gasteiger partial charge in [-0.05, 0) is 19.9 Å². The molecule has 0 aliphatic heterocycles. The van der Waals surface area contributed by atoms with Crippen LogP contribution in [0.15, 0.2) is 36.2 Å². The van der Waals surface area contributed by atoms with E-state index in [-0.39, 0.29) is 24.5 Å². The minimum Gasteiger partial charge on any atom is -0.462 e. The zero-order valence-corrected chi connectivity index (χ0v) is 13.4. The normalized spacial score (nSPS) is 9.35. The molecule has 0 spiro atoms.